The molecule has 0 fully saturated rings. The number of aromatic nitrogens is 2. The molecule has 0 aliphatic carbocycles. The van der Waals surface area contributed by atoms with Crippen molar-refractivity contribution in [2.45, 2.75) is 12.8 Å². The molecule has 0 unspecified atom stereocenters. The normalized spacial score (nSPS) is 10.5. The summed E-state index contributed by atoms with van der Waals surface area (Å²) < 4.78 is 7.71. The number of hydrogen-bond acceptors (Lipinski definition) is 3. The zero-order valence-corrected chi connectivity index (χ0v) is 12.2. The molecule has 4 nitrogen and oxygen atoms in total. The van der Waals surface area contributed by atoms with Gasteiger partial charge in [-0.1, -0.05) is 0 Å². The van der Waals surface area contributed by atoms with E-state index in [9.17, 15) is 0 Å². The molecular formula is C18H17N3O. The summed E-state index contributed by atoms with van der Waals surface area (Å²) in [6.07, 6.45) is 8.61. The molecule has 0 bridgehead atoms. The first-order chi connectivity index (χ1) is 10.8. The number of ether oxygens (including phenoxy) is 1. The third kappa shape index (κ3) is 2.89. The lowest BCUT2D eigenvalue weighted by Gasteiger charge is -2.07. The second kappa shape index (κ2) is 6.23. The molecule has 110 valence electrons. The van der Waals surface area contributed by atoms with Gasteiger partial charge in [-0.2, -0.15) is 0 Å². The highest BCUT2D eigenvalue weighted by molar-refractivity contribution is 5.79. The average molecular weight is 291 g/mol. The minimum Gasteiger partial charge on any atom is -0.493 e. The molecule has 0 atom stereocenters. The van der Waals surface area contributed by atoms with Gasteiger partial charge in [-0.05, 0) is 42.8 Å². The summed E-state index contributed by atoms with van der Waals surface area (Å²) in [7, 11) is 0. The van der Waals surface area contributed by atoms with Crippen molar-refractivity contribution in [3.8, 4) is 23.8 Å². The lowest BCUT2D eigenvalue weighted by molar-refractivity contribution is 0.313. The molecule has 0 spiro atoms. The van der Waals surface area contributed by atoms with Gasteiger partial charge in [0.05, 0.1) is 17.6 Å². The highest BCUT2D eigenvalue weighted by atomic mass is 16.5. The van der Waals surface area contributed by atoms with Crippen molar-refractivity contribution < 1.29 is 4.74 Å². The first-order valence-electron chi connectivity index (χ1n) is 7.17. The summed E-state index contributed by atoms with van der Waals surface area (Å²) in [4.78, 5) is 4.44. The Bertz CT molecular complexity index is 812. The molecule has 2 N–H and O–H groups in total. The second-order valence-electron chi connectivity index (χ2n) is 5.01. The Kier molecular flexibility index (Phi) is 3.97. The van der Waals surface area contributed by atoms with Crippen LogP contribution in [0.1, 0.15) is 12.8 Å². The molecule has 0 saturated carbocycles. The summed E-state index contributed by atoms with van der Waals surface area (Å²) in [5.41, 5.74) is 9.42. The predicted octanol–water partition coefficient (Wildman–Crippen LogP) is 3.40. The Labute approximate surface area is 129 Å². The van der Waals surface area contributed by atoms with Crippen molar-refractivity contribution in [3.05, 3.63) is 48.8 Å². The smallest absolute Gasteiger partial charge is 0.121 e. The number of rotatable bonds is 5. The van der Waals surface area contributed by atoms with Crippen LogP contribution in [0.15, 0.2) is 48.8 Å². The van der Waals surface area contributed by atoms with E-state index in [2.05, 4.69) is 10.9 Å². The molecule has 3 rings (SSSR count). The molecule has 22 heavy (non-hydrogen) atoms. The number of terminal acetylenes is 1. The Morgan fingerprint density at radius 1 is 1.18 bits per heavy atom. The summed E-state index contributed by atoms with van der Waals surface area (Å²) >= 11 is 0. The quantitative estimate of drug-likeness (QED) is 0.445. The summed E-state index contributed by atoms with van der Waals surface area (Å²) in [5, 5.41) is 0. The number of nitrogens with zero attached hydrogens (tertiary/aromatic N) is 2. The highest BCUT2D eigenvalue weighted by Crippen LogP contribution is 2.23. The maximum atomic E-state index is 5.73. The highest BCUT2D eigenvalue weighted by Gasteiger charge is 2.06. The molecule has 0 saturated heterocycles. The van der Waals surface area contributed by atoms with Gasteiger partial charge in [-0.25, -0.2) is 4.98 Å². The molecule has 0 amide bonds. The maximum Gasteiger partial charge on any atom is 0.121 e. The fraction of sp³-hybridized carbons (Fsp3) is 0.167. The van der Waals surface area contributed by atoms with Gasteiger partial charge < -0.3 is 10.5 Å². The fourth-order valence-electron chi connectivity index (χ4n) is 2.29. The topological polar surface area (TPSA) is 53.1 Å². The summed E-state index contributed by atoms with van der Waals surface area (Å²) in [6.45, 7) is 0.619. The van der Waals surface area contributed by atoms with E-state index in [1.807, 2.05) is 47.0 Å². The van der Waals surface area contributed by atoms with E-state index in [-0.39, 0.29) is 0 Å². The van der Waals surface area contributed by atoms with Gasteiger partial charge in [-0.15, -0.1) is 12.3 Å². The predicted molar refractivity (Wildman–Crippen MR) is 89.0 cm³/mol. The molecule has 2 aromatic carbocycles. The molecular weight excluding hydrogens is 274 g/mol. The average Bonchev–Trinajstić information content (AvgIpc) is 2.95. The number of unbranched alkanes of at least 4 members (excludes halogenated alkanes) is 1. The Morgan fingerprint density at radius 3 is 2.77 bits per heavy atom. The first kappa shape index (κ1) is 14.0. The second-order valence-corrected chi connectivity index (χ2v) is 5.01. The van der Waals surface area contributed by atoms with Crippen LogP contribution < -0.4 is 10.5 Å². The minimum absolute atomic E-state index is 0.619. The molecule has 0 aliphatic rings. The molecule has 4 heteroatoms. The van der Waals surface area contributed by atoms with Crippen LogP contribution in [0.5, 0.6) is 5.75 Å². The van der Waals surface area contributed by atoms with Crippen LogP contribution in [0.4, 0.5) is 5.69 Å². The van der Waals surface area contributed by atoms with Gasteiger partial charge in [-0.3, -0.25) is 4.57 Å². The van der Waals surface area contributed by atoms with Crippen molar-refractivity contribution in [1.29, 1.82) is 0 Å². The Balaban J connectivity index is 1.83. The van der Waals surface area contributed by atoms with E-state index in [1.165, 1.54) is 0 Å². The lowest BCUT2D eigenvalue weighted by Crippen LogP contribution is -1.97. The molecule has 0 radical (unpaired) electrons. The number of fused-ring (bicyclic) bond motifs is 1. The van der Waals surface area contributed by atoms with E-state index in [0.717, 1.165) is 41.0 Å². The number of imidazole rings is 1. The van der Waals surface area contributed by atoms with Crippen LogP contribution in [0.3, 0.4) is 0 Å². The van der Waals surface area contributed by atoms with Crippen molar-refractivity contribution in [3.63, 3.8) is 0 Å². The zero-order chi connectivity index (χ0) is 15.4. The largest absolute Gasteiger partial charge is 0.493 e. The first-order valence-corrected chi connectivity index (χ1v) is 7.17. The SMILES string of the molecule is C#CCCCOc1ccc2c(c1)ncn2-c1ccc(N)cc1. The van der Waals surface area contributed by atoms with Gasteiger partial charge in [0.2, 0.25) is 0 Å². The lowest BCUT2D eigenvalue weighted by atomic mass is 10.2. The van der Waals surface area contributed by atoms with E-state index >= 15 is 0 Å². The van der Waals surface area contributed by atoms with Gasteiger partial charge in [0.15, 0.2) is 0 Å². The van der Waals surface area contributed by atoms with Crippen molar-refractivity contribution in [1.82, 2.24) is 9.55 Å². The van der Waals surface area contributed by atoms with E-state index in [4.69, 9.17) is 16.9 Å². The van der Waals surface area contributed by atoms with Crippen molar-refractivity contribution in [2.75, 3.05) is 12.3 Å². The standard InChI is InChI=1S/C18H17N3O/c1-2-3-4-11-22-16-9-10-18-17(12-16)20-13-21(18)15-7-5-14(19)6-8-15/h1,5-10,12-13H,3-4,11,19H2. The number of nitrogen functional groups attached to an aromatic ring is 1. The third-order valence-electron chi connectivity index (χ3n) is 3.42. The molecule has 3 aromatic rings. The van der Waals surface area contributed by atoms with Crippen molar-refractivity contribution >= 4 is 16.7 Å². The van der Waals surface area contributed by atoms with E-state index < -0.39 is 0 Å². The van der Waals surface area contributed by atoms with Gasteiger partial charge in [0.1, 0.15) is 12.1 Å². The van der Waals surface area contributed by atoms with Crippen LogP contribution >= 0.6 is 0 Å². The van der Waals surface area contributed by atoms with Gasteiger partial charge >= 0.3 is 0 Å². The number of hydrogen-bond donors (Lipinski definition) is 1. The maximum absolute atomic E-state index is 5.73. The summed E-state index contributed by atoms with van der Waals surface area (Å²) in [6, 6.07) is 13.6. The van der Waals surface area contributed by atoms with Gasteiger partial charge in [0, 0.05) is 23.9 Å². The van der Waals surface area contributed by atoms with Gasteiger partial charge in [0.25, 0.3) is 0 Å². The van der Waals surface area contributed by atoms with Crippen LogP contribution in [0.25, 0.3) is 16.7 Å². The monoisotopic (exact) mass is 291 g/mol. The summed E-state index contributed by atoms with van der Waals surface area (Å²) in [5.74, 6) is 3.42. The number of anilines is 1. The van der Waals surface area contributed by atoms with Crippen LogP contribution in [-0.4, -0.2) is 16.2 Å². The van der Waals surface area contributed by atoms with Crippen LogP contribution in [0, 0.1) is 12.3 Å². The zero-order valence-electron chi connectivity index (χ0n) is 12.2. The third-order valence-corrected chi connectivity index (χ3v) is 3.42. The van der Waals surface area contributed by atoms with Crippen LogP contribution in [-0.2, 0) is 0 Å². The van der Waals surface area contributed by atoms with E-state index in [0.29, 0.717) is 6.61 Å². The molecule has 0 aliphatic heterocycles. The van der Waals surface area contributed by atoms with Crippen molar-refractivity contribution in [2.24, 2.45) is 0 Å². The molecule has 1 aromatic heterocycles. The number of nitrogens with two attached hydrogens (primary N) is 1. The number of benzene rings is 2. The Hall–Kier alpha value is -2.93. The van der Waals surface area contributed by atoms with Crippen LogP contribution in [0.2, 0.25) is 0 Å². The van der Waals surface area contributed by atoms with E-state index in [1.54, 1.807) is 6.33 Å². The Morgan fingerprint density at radius 2 is 2.00 bits per heavy atom. The minimum atomic E-state index is 0.619. The molecule has 1 heterocycles. The fourth-order valence-corrected chi connectivity index (χ4v) is 2.29.